The standard InChI is InChI=1S/C27H30N2O3/c1-2-31-25-16-10-9-15-24(25)28-17-19-29(20-18-28)26(30)21-32-27(22-11-5-3-6-12-22)23-13-7-4-8-14-23/h3-16,27H,2,17-21H2,1H3. The van der Waals surface area contributed by atoms with Crippen molar-refractivity contribution in [3.05, 3.63) is 96.1 Å². The second-order valence-corrected chi connectivity index (χ2v) is 7.78. The lowest BCUT2D eigenvalue weighted by Crippen LogP contribution is -2.50. The van der Waals surface area contributed by atoms with Gasteiger partial charge in [-0.25, -0.2) is 0 Å². The molecular formula is C27H30N2O3. The van der Waals surface area contributed by atoms with Gasteiger partial charge in [-0.1, -0.05) is 72.8 Å². The van der Waals surface area contributed by atoms with Crippen LogP contribution >= 0.6 is 0 Å². The Balaban J connectivity index is 1.36. The van der Waals surface area contributed by atoms with Gasteiger partial charge >= 0.3 is 0 Å². The van der Waals surface area contributed by atoms with Crippen LogP contribution in [0.1, 0.15) is 24.2 Å². The first-order chi connectivity index (χ1) is 15.8. The zero-order chi connectivity index (χ0) is 22.2. The summed E-state index contributed by atoms with van der Waals surface area (Å²) >= 11 is 0. The van der Waals surface area contributed by atoms with Gasteiger partial charge in [0, 0.05) is 26.2 Å². The van der Waals surface area contributed by atoms with Crippen LogP contribution < -0.4 is 9.64 Å². The van der Waals surface area contributed by atoms with E-state index in [4.69, 9.17) is 9.47 Å². The molecule has 0 atom stereocenters. The van der Waals surface area contributed by atoms with Gasteiger partial charge in [0.25, 0.3) is 0 Å². The monoisotopic (exact) mass is 430 g/mol. The van der Waals surface area contributed by atoms with Gasteiger partial charge in [-0.2, -0.15) is 0 Å². The number of anilines is 1. The van der Waals surface area contributed by atoms with Gasteiger partial charge < -0.3 is 19.3 Å². The van der Waals surface area contributed by atoms with E-state index in [0.717, 1.165) is 35.7 Å². The molecule has 5 heteroatoms. The quantitative estimate of drug-likeness (QED) is 0.526. The molecule has 1 saturated heterocycles. The topological polar surface area (TPSA) is 42.0 Å². The van der Waals surface area contributed by atoms with E-state index in [2.05, 4.69) is 11.0 Å². The Bertz CT molecular complexity index is 947. The number of hydrogen-bond acceptors (Lipinski definition) is 4. The summed E-state index contributed by atoms with van der Waals surface area (Å²) in [5.74, 6) is 0.922. The normalized spacial score (nSPS) is 13.9. The highest BCUT2D eigenvalue weighted by Crippen LogP contribution is 2.29. The number of benzene rings is 3. The summed E-state index contributed by atoms with van der Waals surface area (Å²) in [6.07, 6.45) is -0.263. The fourth-order valence-corrected chi connectivity index (χ4v) is 4.08. The van der Waals surface area contributed by atoms with Crippen LogP contribution in [-0.4, -0.2) is 50.2 Å². The zero-order valence-corrected chi connectivity index (χ0v) is 18.5. The Labute approximate surface area is 190 Å². The molecule has 4 rings (SSSR count). The summed E-state index contributed by atoms with van der Waals surface area (Å²) in [4.78, 5) is 17.1. The molecule has 1 amide bonds. The average molecular weight is 431 g/mol. The lowest BCUT2D eigenvalue weighted by atomic mass is 10.0. The lowest BCUT2D eigenvalue weighted by molar-refractivity contribution is -0.137. The molecule has 166 valence electrons. The summed E-state index contributed by atoms with van der Waals surface area (Å²) in [6.45, 7) is 5.58. The zero-order valence-electron chi connectivity index (χ0n) is 18.5. The first kappa shape index (κ1) is 21.9. The van der Waals surface area contributed by atoms with E-state index < -0.39 is 0 Å². The van der Waals surface area contributed by atoms with Crippen LogP contribution in [0.4, 0.5) is 5.69 Å². The van der Waals surface area contributed by atoms with Crippen LogP contribution in [0.5, 0.6) is 5.75 Å². The molecule has 3 aromatic carbocycles. The van der Waals surface area contributed by atoms with Crippen molar-refractivity contribution in [1.29, 1.82) is 0 Å². The van der Waals surface area contributed by atoms with Gasteiger partial charge in [0.15, 0.2) is 0 Å². The predicted octanol–water partition coefficient (Wildman–Crippen LogP) is 4.54. The van der Waals surface area contributed by atoms with Gasteiger partial charge in [-0.3, -0.25) is 4.79 Å². The molecular weight excluding hydrogens is 400 g/mol. The highest BCUT2D eigenvalue weighted by Gasteiger charge is 2.24. The molecule has 0 saturated carbocycles. The molecule has 0 N–H and O–H groups in total. The van der Waals surface area contributed by atoms with Gasteiger partial charge in [-0.05, 0) is 30.2 Å². The van der Waals surface area contributed by atoms with Crippen molar-refractivity contribution in [3.8, 4) is 5.75 Å². The van der Waals surface area contributed by atoms with E-state index in [1.165, 1.54) is 0 Å². The maximum absolute atomic E-state index is 12.9. The van der Waals surface area contributed by atoms with Crippen LogP contribution in [0.15, 0.2) is 84.9 Å². The molecule has 3 aromatic rings. The Hall–Kier alpha value is -3.31. The van der Waals surface area contributed by atoms with Crippen LogP contribution in [0.3, 0.4) is 0 Å². The molecule has 5 nitrogen and oxygen atoms in total. The number of rotatable bonds is 8. The van der Waals surface area contributed by atoms with Crippen molar-refractivity contribution < 1.29 is 14.3 Å². The van der Waals surface area contributed by atoms with Crippen molar-refractivity contribution in [2.45, 2.75) is 13.0 Å². The Morgan fingerprint density at radius 2 is 1.38 bits per heavy atom. The molecule has 1 aliphatic rings. The Kier molecular flexibility index (Phi) is 7.41. The van der Waals surface area contributed by atoms with Crippen molar-refractivity contribution in [3.63, 3.8) is 0 Å². The SMILES string of the molecule is CCOc1ccccc1N1CCN(C(=O)COC(c2ccccc2)c2ccccc2)CC1. The molecule has 0 aliphatic carbocycles. The third kappa shape index (κ3) is 5.29. The molecule has 1 heterocycles. The predicted molar refractivity (Wildman–Crippen MR) is 127 cm³/mol. The van der Waals surface area contributed by atoms with Crippen LogP contribution in [0, 0.1) is 0 Å². The summed E-state index contributed by atoms with van der Waals surface area (Å²) < 4.78 is 11.9. The molecule has 1 aliphatic heterocycles. The number of piperazine rings is 1. The molecule has 1 fully saturated rings. The number of ether oxygens (including phenoxy) is 2. The molecule has 32 heavy (non-hydrogen) atoms. The third-order valence-corrected chi connectivity index (χ3v) is 5.72. The van der Waals surface area contributed by atoms with Crippen molar-refractivity contribution in [2.75, 3.05) is 44.3 Å². The largest absolute Gasteiger partial charge is 0.492 e. The summed E-state index contributed by atoms with van der Waals surface area (Å²) in [5, 5.41) is 0. The fourth-order valence-electron chi connectivity index (χ4n) is 4.08. The van der Waals surface area contributed by atoms with Gasteiger partial charge in [0.05, 0.1) is 12.3 Å². The highest BCUT2D eigenvalue weighted by molar-refractivity contribution is 5.78. The number of hydrogen-bond donors (Lipinski definition) is 0. The molecule has 0 bridgehead atoms. The van der Waals surface area contributed by atoms with E-state index >= 15 is 0 Å². The van der Waals surface area contributed by atoms with Crippen molar-refractivity contribution in [1.82, 2.24) is 4.90 Å². The maximum atomic E-state index is 12.9. The van der Waals surface area contributed by atoms with E-state index in [0.29, 0.717) is 19.7 Å². The lowest BCUT2D eigenvalue weighted by Gasteiger charge is -2.36. The van der Waals surface area contributed by atoms with Crippen LogP contribution in [-0.2, 0) is 9.53 Å². The van der Waals surface area contributed by atoms with Gasteiger partial charge in [-0.15, -0.1) is 0 Å². The van der Waals surface area contributed by atoms with Crippen molar-refractivity contribution in [2.24, 2.45) is 0 Å². The average Bonchev–Trinajstić information content (AvgIpc) is 2.86. The van der Waals surface area contributed by atoms with E-state index in [-0.39, 0.29) is 18.6 Å². The number of carbonyl (C=O) groups is 1. The number of carbonyl (C=O) groups excluding carboxylic acids is 1. The van der Waals surface area contributed by atoms with E-state index in [1.54, 1.807) is 0 Å². The van der Waals surface area contributed by atoms with E-state index in [1.807, 2.05) is 90.7 Å². The Morgan fingerprint density at radius 1 is 0.812 bits per heavy atom. The molecule has 0 radical (unpaired) electrons. The molecule has 0 spiro atoms. The van der Waals surface area contributed by atoms with Gasteiger partial charge in [0.1, 0.15) is 18.5 Å². The Morgan fingerprint density at radius 3 is 1.97 bits per heavy atom. The van der Waals surface area contributed by atoms with Crippen molar-refractivity contribution >= 4 is 11.6 Å². The first-order valence-electron chi connectivity index (χ1n) is 11.2. The second-order valence-electron chi connectivity index (χ2n) is 7.78. The number of nitrogens with zero attached hydrogens (tertiary/aromatic N) is 2. The third-order valence-electron chi connectivity index (χ3n) is 5.72. The second kappa shape index (κ2) is 10.8. The summed E-state index contributed by atoms with van der Waals surface area (Å²) in [7, 11) is 0. The number of amides is 1. The first-order valence-corrected chi connectivity index (χ1v) is 11.2. The minimum atomic E-state index is -0.263. The minimum Gasteiger partial charge on any atom is -0.492 e. The van der Waals surface area contributed by atoms with E-state index in [9.17, 15) is 4.79 Å². The minimum absolute atomic E-state index is 0.0274. The smallest absolute Gasteiger partial charge is 0.248 e. The number of para-hydroxylation sites is 2. The van der Waals surface area contributed by atoms with Crippen LogP contribution in [0.2, 0.25) is 0 Å². The molecule has 0 aromatic heterocycles. The summed E-state index contributed by atoms with van der Waals surface area (Å²) in [6, 6.07) is 28.2. The van der Waals surface area contributed by atoms with Gasteiger partial charge in [0.2, 0.25) is 5.91 Å². The maximum Gasteiger partial charge on any atom is 0.248 e. The fraction of sp³-hybridized carbons (Fsp3) is 0.296. The summed E-state index contributed by atoms with van der Waals surface area (Å²) in [5.41, 5.74) is 3.18. The highest BCUT2D eigenvalue weighted by atomic mass is 16.5. The molecule has 0 unspecified atom stereocenters. The van der Waals surface area contributed by atoms with Crippen LogP contribution in [0.25, 0.3) is 0 Å².